The van der Waals surface area contributed by atoms with Crippen LogP contribution in [0.3, 0.4) is 0 Å². The van der Waals surface area contributed by atoms with E-state index in [2.05, 4.69) is 24.7 Å². The first kappa shape index (κ1) is 14.6. The lowest BCUT2D eigenvalue weighted by Gasteiger charge is -2.15. The second-order valence-electron chi connectivity index (χ2n) is 5.24. The minimum absolute atomic E-state index is 0.0587. The summed E-state index contributed by atoms with van der Waals surface area (Å²) in [6.07, 6.45) is 1.14. The smallest absolute Gasteiger partial charge is 0.337 e. The molecule has 18 heavy (non-hydrogen) atoms. The molecule has 1 N–H and O–H groups in total. The number of carboxylic acid groups (broad SMARTS) is 1. The fourth-order valence-corrected chi connectivity index (χ4v) is 1.93. The molecule has 0 aliphatic carbocycles. The van der Waals surface area contributed by atoms with Gasteiger partial charge in [0.2, 0.25) is 0 Å². The van der Waals surface area contributed by atoms with Crippen LogP contribution in [0.25, 0.3) is 0 Å². The molecular weight excluding hydrogens is 252 g/mol. The summed E-state index contributed by atoms with van der Waals surface area (Å²) in [6, 6.07) is 2.05. The molecule has 0 radical (unpaired) electrons. The Hall–Kier alpha value is -1.47. The van der Waals surface area contributed by atoms with Gasteiger partial charge in [0.15, 0.2) is 0 Å². The fourth-order valence-electron chi connectivity index (χ4n) is 1.18. The first-order chi connectivity index (χ1) is 8.29. The van der Waals surface area contributed by atoms with E-state index in [1.807, 2.05) is 0 Å². The number of aromatic carboxylic acids is 1. The van der Waals surface area contributed by atoms with Crippen molar-refractivity contribution < 1.29 is 14.6 Å². The van der Waals surface area contributed by atoms with Crippen molar-refractivity contribution in [1.82, 2.24) is 9.78 Å². The first-order valence-corrected chi connectivity index (χ1v) is 9.38. The van der Waals surface area contributed by atoms with Crippen LogP contribution in [0.4, 0.5) is 0 Å². The minimum Gasteiger partial charge on any atom is -0.478 e. The van der Waals surface area contributed by atoms with Gasteiger partial charge in [-0.3, -0.25) is 4.79 Å². The van der Waals surface area contributed by atoms with Gasteiger partial charge in [-0.25, -0.2) is 9.48 Å². The normalized spacial score (nSPS) is 11.5. The summed E-state index contributed by atoms with van der Waals surface area (Å²) in [7, 11) is -1.14. The van der Waals surface area contributed by atoms with Crippen molar-refractivity contribution in [1.29, 1.82) is 0 Å². The monoisotopic (exact) mass is 270 g/mol. The number of hydrogen-bond donors (Lipinski definition) is 1. The van der Waals surface area contributed by atoms with Gasteiger partial charge in [0.25, 0.3) is 5.56 Å². The highest BCUT2D eigenvalue weighted by Gasteiger charge is 2.12. The molecule has 6 nitrogen and oxygen atoms in total. The molecule has 1 rings (SSSR count). The summed E-state index contributed by atoms with van der Waals surface area (Å²) >= 11 is 0. The maximum Gasteiger partial charge on any atom is 0.337 e. The van der Waals surface area contributed by atoms with Gasteiger partial charge in [0.1, 0.15) is 6.73 Å². The Kier molecular flexibility index (Phi) is 4.80. The number of nitrogens with zero attached hydrogens (tertiary/aromatic N) is 2. The number of carbonyl (C=O) groups is 1. The second-order valence-corrected chi connectivity index (χ2v) is 10.9. The summed E-state index contributed by atoms with van der Waals surface area (Å²) in [5, 5.41) is 12.4. The quantitative estimate of drug-likeness (QED) is 0.621. The zero-order valence-electron chi connectivity index (χ0n) is 10.8. The van der Waals surface area contributed by atoms with E-state index in [4.69, 9.17) is 9.84 Å². The van der Waals surface area contributed by atoms with Crippen molar-refractivity contribution in [3.63, 3.8) is 0 Å². The zero-order chi connectivity index (χ0) is 13.8. The van der Waals surface area contributed by atoms with E-state index in [9.17, 15) is 9.59 Å². The van der Waals surface area contributed by atoms with Crippen LogP contribution in [0, 0.1) is 0 Å². The lowest BCUT2D eigenvalue weighted by molar-refractivity contribution is 0.0682. The molecule has 1 heterocycles. The number of hydrogen-bond acceptors (Lipinski definition) is 4. The summed E-state index contributed by atoms with van der Waals surface area (Å²) in [6.45, 7) is 7.36. The Morgan fingerprint density at radius 2 is 2.17 bits per heavy atom. The van der Waals surface area contributed by atoms with Gasteiger partial charge in [-0.2, -0.15) is 5.10 Å². The highest BCUT2D eigenvalue weighted by Crippen LogP contribution is 2.07. The average molecular weight is 270 g/mol. The topological polar surface area (TPSA) is 81.4 Å². The van der Waals surface area contributed by atoms with Crippen LogP contribution < -0.4 is 5.56 Å². The van der Waals surface area contributed by atoms with E-state index in [1.54, 1.807) is 0 Å². The largest absolute Gasteiger partial charge is 0.478 e. The van der Waals surface area contributed by atoms with Gasteiger partial charge in [0, 0.05) is 20.7 Å². The number of rotatable bonds is 6. The number of aromatic nitrogens is 2. The van der Waals surface area contributed by atoms with Gasteiger partial charge < -0.3 is 9.84 Å². The van der Waals surface area contributed by atoms with E-state index in [1.165, 1.54) is 0 Å². The Bertz CT molecular complexity index is 479. The van der Waals surface area contributed by atoms with Crippen molar-refractivity contribution in [2.75, 3.05) is 6.61 Å². The third kappa shape index (κ3) is 4.80. The van der Waals surface area contributed by atoms with Gasteiger partial charge in [0.05, 0.1) is 11.8 Å². The van der Waals surface area contributed by atoms with Gasteiger partial charge in [-0.05, 0) is 6.04 Å². The van der Waals surface area contributed by atoms with Gasteiger partial charge in [-0.1, -0.05) is 19.6 Å². The summed E-state index contributed by atoms with van der Waals surface area (Å²) in [5.74, 6) is -1.16. The molecule has 0 fully saturated rings. The molecule has 0 saturated carbocycles. The Balaban J connectivity index is 2.54. The second kappa shape index (κ2) is 5.92. The maximum atomic E-state index is 11.5. The van der Waals surface area contributed by atoms with Crippen LogP contribution in [0.2, 0.25) is 25.7 Å². The summed E-state index contributed by atoms with van der Waals surface area (Å²) in [5.41, 5.74) is -0.582. The Morgan fingerprint density at radius 1 is 1.50 bits per heavy atom. The molecule has 0 unspecified atom stereocenters. The van der Waals surface area contributed by atoms with Crippen LogP contribution in [-0.2, 0) is 11.5 Å². The molecule has 0 saturated heterocycles. The lowest BCUT2D eigenvalue weighted by Crippen LogP contribution is -2.26. The molecule has 0 amide bonds. The van der Waals surface area contributed by atoms with Gasteiger partial charge in [-0.15, -0.1) is 0 Å². The van der Waals surface area contributed by atoms with Crippen LogP contribution in [-0.4, -0.2) is 35.5 Å². The molecular formula is C11H18N2O4Si. The summed E-state index contributed by atoms with van der Waals surface area (Å²) < 4.78 is 6.47. The van der Waals surface area contributed by atoms with Crippen molar-refractivity contribution in [3.8, 4) is 0 Å². The fraction of sp³-hybridized carbons (Fsp3) is 0.545. The molecule has 1 aromatic rings. The molecule has 0 aliphatic rings. The molecule has 0 atom stereocenters. The van der Waals surface area contributed by atoms with E-state index >= 15 is 0 Å². The van der Waals surface area contributed by atoms with Gasteiger partial charge >= 0.3 is 5.97 Å². The van der Waals surface area contributed by atoms with Crippen LogP contribution in [0.5, 0.6) is 0 Å². The van der Waals surface area contributed by atoms with Crippen LogP contribution in [0.15, 0.2) is 17.1 Å². The van der Waals surface area contributed by atoms with E-state index in [-0.39, 0.29) is 12.3 Å². The van der Waals surface area contributed by atoms with Crippen molar-refractivity contribution in [3.05, 3.63) is 28.2 Å². The minimum atomic E-state index is -1.16. The Labute approximate surface area is 106 Å². The van der Waals surface area contributed by atoms with E-state index in [0.29, 0.717) is 6.61 Å². The van der Waals surface area contributed by atoms with E-state index < -0.39 is 19.6 Å². The first-order valence-electron chi connectivity index (χ1n) is 5.68. The molecule has 0 aliphatic heterocycles. The zero-order valence-corrected chi connectivity index (χ0v) is 11.8. The average Bonchev–Trinajstić information content (AvgIpc) is 2.24. The molecule has 1 aromatic heterocycles. The molecule has 7 heteroatoms. The summed E-state index contributed by atoms with van der Waals surface area (Å²) in [4.78, 5) is 22.1. The van der Waals surface area contributed by atoms with E-state index in [0.717, 1.165) is 23.0 Å². The SMILES string of the molecule is C[Si](C)(C)CCOCn1ncc(C(=O)O)cc1=O. The lowest BCUT2D eigenvalue weighted by atomic mass is 10.3. The third-order valence-corrected chi connectivity index (χ3v) is 4.03. The standard InChI is InChI=1S/C11H18N2O4Si/c1-18(2,3)5-4-17-8-13-10(14)6-9(7-12-13)11(15)16/h6-7H,4-5,8H2,1-3H3,(H,15,16). The maximum absolute atomic E-state index is 11.5. The molecule has 0 aromatic carbocycles. The van der Waals surface area contributed by atoms with Crippen molar-refractivity contribution >= 4 is 14.0 Å². The number of carboxylic acids is 1. The van der Waals surface area contributed by atoms with Crippen molar-refractivity contribution in [2.45, 2.75) is 32.4 Å². The van der Waals surface area contributed by atoms with Crippen LogP contribution in [0.1, 0.15) is 10.4 Å². The Morgan fingerprint density at radius 3 is 2.67 bits per heavy atom. The third-order valence-electron chi connectivity index (χ3n) is 2.33. The van der Waals surface area contributed by atoms with Crippen molar-refractivity contribution in [2.24, 2.45) is 0 Å². The number of ether oxygens (including phenoxy) is 1. The molecule has 0 spiro atoms. The highest BCUT2D eigenvalue weighted by atomic mass is 28.3. The predicted molar refractivity (Wildman–Crippen MR) is 69.6 cm³/mol. The highest BCUT2D eigenvalue weighted by molar-refractivity contribution is 6.76. The molecule has 0 bridgehead atoms. The predicted octanol–water partition coefficient (Wildman–Crippen LogP) is 1.25. The van der Waals surface area contributed by atoms with Crippen LogP contribution >= 0.6 is 0 Å². The molecule has 100 valence electrons.